The molecule has 0 aromatic rings. The predicted octanol–water partition coefficient (Wildman–Crippen LogP) is 2.71. The van der Waals surface area contributed by atoms with Gasteiger partial charge in [-0.1, -0.05) is 13.0 Å². The Hall–Kier alpha value is -2.11. The number of hydrogen-bond donors (Lipinski definition) is 0. The summed E-state index contributed by atoms with van der Waals surface area (Å²) in [6, 6.07) is 0. The van der Waals surface area contributed by atoms with Crippen molar-refractivity contribution < 1.29 is 28.6 Å². The van der Waals surface area contributed by atoms with Gasteiger partial charge < -0.3 is 14.2 Å². The fourth-order valence-corrected chi connectivity index (χ4v) is 3.38. The monoisotopic (exact) mass is 350 g/mol. The van der Waals surface area contributed by atoms with Crippen LogP contribution in [0.15, 0.2) is 23.3 Å². The first-order chi connectivity index (χ1) is 11.7. The van der Waals surface area contributed by atoms with Crippen molar-refractivity contribution in [2.45, 2.75) is 65.8 Å². The van der Waals surface area contributed by atoms with Crippen LogP contribution in [0.4, 0.5) is 0 Å². The summed E-state index contributed by atoms with van der Waals surface area (Å²) >= 11 is 0. The topological polar surface area (TPSA) is 78.9 Å². The summed E-state index contributed by atoms with van der Waals surface area (Å²) in [6.07, 6.45) is 3.52. The molecule has 6 heteroatoms. The molecular weight excluding hydrogens is 324 g/mol. The van der Waals surface area contributed by atoms with Crippen LogP contribution in [0.25, 0.3) is 0 Å². The Bertz CT molecular complexity index is 617. The third-order valence-corrected chi connectivity index (χ3v) is 4.89. The molecule has 0 unspecified atom stereocenters. The minimum Gasteiger partial charge on any atom is -0.458 e. The SMILES string of the molecule is CC(=O)O[C@H]1C/C=C(/C)[C@H](OC(C)=O)C[C@@H]2[C@@H](/C=C\1C)OC(=O)[C@@H]2C. The number of carbonyl (C=O) groups excluding carboxylic acids is 3. The van der Waals surface area contributed by atoms with Crippen LogP contribution in [0.5, 0.6) is 0 Å². The minimum absolute atomic E-state index is 0.105. The first kappa shape index (κ1) is 19.2. The lowest BCUT2D eigenvalue weighted by molar-refractivity contribution is -0.145. The molecule has 1 fully saturated rings. The molecule has 0 aromatic heterocycles. The molecule has 1 aliphatic heterocycles. The lowest BCUT2D eigenvalue weighted by atomic mass is 9.83. The van der Waals surface area contributed by atoms with Crippen molar-refractivity contribution in [3.8, 4) is 0 Å². The maximum Gasteiger partial charge on any atom is 0.309 e. The number of ether oxygens (including phenoxy) is 3. The molecule has 0 saturated carbocycles. The number of fused-ring (bicyclic) bond motifs is 1. The van der Waals surface area contributed by atoms with E-state index in [0.29, 0.717) is 12.8 Å². The molecule has 1 saturated heterocycles. The fraction of sp³-hybridized carbons (Fsp3) is 0.632. The van der Waals surface area contributed by atoms with Crippen molar-refractivity contribution in [2.75, 3.05) is 0 Å². The van der Waals surface area contributed by atoms with E-state index < -0.39 is 18.3 Å². The van der Waals surface area contributed by atoms with Crippen molar-refractivity contribution >= 4 is 17.9 Å². The normalized spacial score (nSPS) is 36.8. The second kappa shape index (κ2) is 7.85. The Morgan fingerprint density at radius 1 is 1.08 bits per heavy atom. The van der Waals surface area contributed by atoms with Gasteiger partial charge in [-0.3, -0.25) is 14.4 Å². The summed E-state index contributed by atoms with van der Waals surface area (Å²) in [5, 5.41) is 0. The van der Waals surface area contributed by atoms with E-state index in [4.69, 9.17) is 14.2 Å². The second-order valence-electron chi connectivity index (χ2n) is 6.88. The van der Waals surface area contributed by atoms with Gasteiger partial charge in [0, 0.05) is 26.2 Å². The molecule has 138 valence electrons. The van der Waals surface area contributed by atoms with Crippen LogP contribution >= 0.6 is 0 Å². The zero-order valence-corrected chi connectivity index (χ0v) is 15.4. The zero-order valence-electron chi connectivity index (χ0n) is 15.4. The summed E-state index contributed by atoms with van der Waals surface area (Å²) < 4.78 is 16.4. The highest BCUT2D eigenvalue weighted by Crippen LogP contribution is 2.36. The quantitative estimate of drug-likeness (QED) is 0.433. The van der Waals surface area contributed by atoms with E-state index in [1.54, 1.807) is 0 Å². The Kier molecular flexibility index (Phi) is 6.03. The molecule has 0 aromatic carbocycles. The first-order valence-electron chi connectivity index (χ1n) is 8.59. The highest BCUT2D eigenvalue weighted by atomic mass is 16.6. The Labute approximate surface area is 148 Å². The number of rotatable bonds is 2. The van der Waals surface area contributed by atoms with Crippen LogP contribution in [-0.2, 0) is 28.6 Å². The van der Waals surface area contributed by atoms with Gasteiger partial charge >= 0.3 is 17.9 Å². The smallest absolute Gasteiger partial charge is 0.309 e. The molecule has 5 atom stereocenters. The van der Waals surface area contributed by atoms with Gasteiger partial charge in [-0.2, -0.15) is 0 Å². The van der Waals surface area contributed by atoms with Crippen LogP contribution in [0.2, 0.25) is 0 Å². The van der Waals surface area contributed by atoms with Crippen LogP contribution in [0.3, 0.4) is 0 Å². The van der Waals surface area contributed by atoms with Gasteiger partial charge in [0.25, 0.3) is 0 Å². The van der Waals surface area contributed by atoms with Gasteiger partial charge in [-0.15, -0.1) is 0 Å². The summed E-state index contributed by atoms with van der Waals surface area (Å²) in [4.78, 5) is 34.9. The fourth-order valence-electron chi connectivity index (χ4n) is 3.38. The molecule has 2 aliphatic rings. The van der Waals surface area contributed by atoms with E-state index in [9.17, 15) is 14.4 Å². The van der Waals surface area contributed by atoms with Crippen molar-refractivity contribution in [2.24, 2.45) is 11.8 Å². The van der Waals surface area contributed by atoms with E-state index >= 15 is 0 Å². The summed E-state index contributed by atoms with van der Waals surface area (Å²) in [7, 11) is 0. The maximum atomic E-state index is 12.1. The van der Waals surface area contributed by atoms with E-state index in [1.165, 1.54) is 13.8 Å². The molecule has 2 rings (SSSR count). The zero-order chi connectivity index (χ0) is 18.7. The number of carbonyl (C=O) groups is 3. The van der Waals surface area contributed by atoms with Gasteiger partial charge in [-0.25, -0.2) is 0 Å². The molecule has 25 heavy (non-hydrogen) atoms. The van der Waals surface area contributed by atoms with E-state index in [1.807, 2.05) is 32.9 Å². The second-order valence-corrected chi connectivity index (χ2v) is 6.88. The van der Waals surface area contributed by atoms with Gasteiger partial charge in [0.2, 0.25) is 0 Å². The minimum atomic E-state index is -0.432. The molecule has 0 spiro atoms. The Morgan fingerprint density at radius 2 is 1.68 bits per heavy atom. The molecule has 6 nitrogen and oxygen atoms in total. The molecule has 0 bridgehead atoms. The average molecular weight is 350 g/mol. The lowest BCUT2D eigenvalue weighted by Crippen LogP contribution is -2.29. The molecule has 1 heterocycles. The van der Waals surface area contributed by atoms with Crippen molar-refractivity contribution in [3.05, 3.63) is 23.3 Å². The number of hydrogen-bond acceptors (Lipinski definition) is 6. The third-order valence-electron chi connectivity index (χ3n) is 4.89. The maximum absolute atomic E-state index is 12.1. The van der Waals surface area contributed by atoms with Crippen molar-refractivity contribution in [3.63, 3.8) is 0 Å². The molecule has 0 N–H and O–H groups in total. The largest absolute Gasteiger partial charge is 0.458 e. The van der Waals surface area contributed by atoms with Crippen LogP contribution in [0.1, 0.15) is 47.5 Å². The molecule has 0 amide bonds. The molecular formula is C19H26O6. The van der Waals surface area contributed by atoms with E-state index in [2.05, 4.69) is 0 Å². The molecule has 0 radical (unpaired) electrons. The van der Waals surface area contributed by atoms with Gasteiger partial charge in [-0.05, 0) is 37.5 Å². The van der Waals surface area contributed by atoms with Gasteiger partial charge in [0.1, 0.15) is 18.3 Å². The summed E-state index contributed by atoms with van der Waals surface area (Å²) in [6.45, 7) is 8.32. The Balaban J connectivity index is 2.40. The first-order valence-corrected chi connectivity index (χ1v) is 8.59. The third kappa shape index (κ3) is 4.71. The average Bonchev–Trinajstić information content (AvgIpc) is 2.76. The van der Waals surface area contributed by atoms with E-state index in [0.717, 1.165) is 11.1 Å². The highest BCUT2D eigenvalue weighted by molar-refractivity contribution is 5.75. The molecule has 1 aliphatic carbocycles. The number of esters is 3. The van der Waals surface area contributed by atoms with Gasteiger partial charge in [0.15, 0.2) is 0 Å². The lowest BCUT2D eigenvalue weighted by Gasteiger charge is -2.27. The summed E-state index contributed by atoms with van der Waals surface area (Å²) in [5.74, 6) is -1.39. The standard InChI is InChI=1S/C19H26O6/c1-10-6-7-16(23-13(4)20)11(2)8-18-15(12(3)19(22)25-18)9-17(10)24-14(5)21/h6,8,12,15-18H,7,9H2,1-5H3/b10-6-,11-8-/t12-,15+,16+,17-,18-/m1/s1. The Morgan fingerprint density at radius 3 is 2.28 bits per heavy atom. The van der Waals surface area contributed by atoms with E-state index in [-0.39, 0.29) is 29.7 Å². The summed E-state index contributed by atoms with van der Waals surface area (Å²) in [5.41, 5.74) is 1.73. The van der Waals surface area contributed by atoms with Crippen LogP contribution in [0, 0.1) is 11.8 Å². The highest BCUT2D eigenvalue weighted by Gasteiger charge is 2.43. The van der Waals surface area contributed by atoms with Gasteiger partial charge in [0.05, 0.1) is 5.92 Å². The van der Waals surface area contributed by atoms with Crippen LogP contribution < -0.4 is 0 Å². The van der Waals surface area contributed by atoms with Crippen LogP contribution in [-0.4, -0.2) is 36.2 Å². The van der Waals surface area contributed by atoms with Crippen molar-refractivity contribution in [1.82, 2.24) is 0 Å². The van der Waals surface area contributed by atoms with Crippen molar-refractivity contribution in [1.29, 1.82) is 0 Å². The predicted molar refractivity (Wildman–Crippen MR) is 90.4 cm³/mol.